The summed E-state index contributed by atoms with van der Waals surface area (Å²) in [6.07, 6.45) is -0.256. The highest BCUT2D eigenvalue weighted by Crippen LogP contribution is 2.39. The Morgan fingerprint density at radius 2 is 1.95 bits per heavy atom. The zero-order valence-electron chi connectivity index (χ0n) is 12.5. The number of benzene rings is 2. The minimum atomic E-state index is -0.886. The molecule has 2 atom stereocenters. The van der Waals surface area contributed by atoms with Crippen LogP contribution in [-0.2, 0) is 11.2 Å². The maximum absolute atomic E-state index is 11.1. The Bertz CT molecular complexity index is 736. The van der Waals surface area contributed by atoms with E-state index in [4.69, 9.17) is 9.84 Å². The molecule has 0 aliphatic carbocycles. The first-order valence-electron chi connectivity index (χ1n) is 7.28. The average molecular weight is 298 g/mol. The first kappa shape index (κ1) is 14.6. The van der Waals surface area contributed by atoms with Crippen LogP contribution in [0.4, 0.5) is 0 Å². The Morgan fingerprint density at radius 3 is 2.68 bits per heavy atom. The fourth-order valence-electron chi connectivity index (χ4n) is 2.74. The Morgan fingerprint density at radius 1 is 1.23 bits per heavy atom. The molecule has 3 rings (SSSR count). The number of carbonyl (C=O) groups is 1. The van der Waals surface area contributed by atoms with Gasteiger partial charge >= 0.3 is 5.97 Å². The van der Waals surface area contributed by atoms with Crippen molar-refractivity contribution in [1.82, 2.24) is 0 Å². The summed E-state index contributed by atoms with van der Waals surface area (Å²) in [5, 5.41) is 19.6. The minimum Gasteiger partial charge on any atom is -0.481 e. The summed E-state index contributed by atoms with van der Waals surface area (Å²) < 4.78 is 5.92. The van der Waals surface area contributed by atoms with Crippen LogP contribution in [0.25, 0.3) is 0 Å². The summed E-state index contributed by atoms with van der Waals surface area (Å²) in [6, 6.07) is 11.1. The van der Waals surface area contributed by atoms with Crippen molar-refractivity contribution in [3.63, 3.8) is 0 Å². The first-order chi connectivity index (χ1) is 10.5. The molecule has 4 nitrogen and oxygen atoms in total. The summed E-state index contributed by atoms with van der Waals surface area (Å²) in [5.41, 5.74) is 3.37. The quantitative estimate of drug-likeness (QED) is 0.889. The summed E-state index contributed by atoms with van der Waals surface area (Å²) in [6.45, 7) is 3.63. The van der Waals surface area contributed by atoms with E-state index in [-0.39, 0.29) is 0 Å². The molecule has 2 aromatic carbocycles. The molecule has 0 aromatic heterocycles. The van der Waals surface area contributed by atoms with Gasteiger partial charge in [-0.1, -0.05) is 23.8 Å². The Hall–Kier alpha value is -2.33. The molecule has 0 radical (unpaired) electrons. The number of aliphatic hydroxyl groups is 1. The summed E-state index contributed by atoms with van der Waals surface area (Å²) >= 11 is 0. The third-order valence-corrected chi connectivity index (χ3v) is 4.11. The molecule has 0 fully saturated rings. The number of fused-ring (bicyclic) bond motifs is 2. The van der Waals surface area contributed by atoms with Crippen molar-refractivity contribution in [2.45, 2.75) is 32.3 Å². The maximum atomic E-state index is 11.1. The monoisotopic (exact) mass is 298 g/mol. The molecule has 2 N–H and O–H groups in total. The topological polar surface area (TPSA) is 66.8 Å². The van der Waals surface area contributed by atoms with Crippen molar-refractivity contribution < 1.29 is 19.7 Å². The van der Waals surface area contributed by atoms with Crippen molar-refractivity contribution in [2.24, 2.45) is 0 Å². The molecule has 1 heterocycles. The largest absolute Gasteiger partial charge is 0.481 e. The lowest BCUT2D eigenvalue weighted by Gasteiger charge is -2.14. The lowest BCUT2D eigenvalue weighted by atomic mass is 9.94. The molecular weight excluding hydrogens is 280 g/mol. The Balaban J connectivity index is 2.04. The van der Waals surface area contributed by atoms with Crippen LogP contribution >= 0.6 is 0 Å². The molecule has 0 unspecified atom stereocenters. The summed E-state index contributed by atoms with van der Waals surface area (Å²) in [4.78, 5) is 11.1. The molecule has 1 aliphatic rings. The van der Waals surface area contributed by atoms with E-state index in [1.165, 1.54) is 0 Å². The lowest BCUT2D eigenvalue weighted by Crippen LogP contribution is -2.09. The van der Waals surface area contributed by atoms with Crippen LogP contribution < -0.4 is 4.74 Å². The predicted octanol–water partition coefficient (Wildman–Crippen LogP) is 3.56. The van der Waals surface area contributed by atoms with E-state index in [0.29, 0.717) is 23.3 Å². The number of carboxylic acid groups (broad SMARTS) is 1. The number of aryl methyl sites for hydroxylation is 1. The van der Waals surface area contributed by atoms with E-state index in [9.17, 15) is 9.90 Å². The molecular formula is C18H18O4. The standard InChI is InChI=1S/C18H18O4/c1-10-3-5-16-13(7-10)9-15(19)14-8-12(11(2)18(20)21)4-6-17(14)22-16/h3-8,11,15,19H,9H2,1-2H3,(H,20,21)/t11-,15+/m1/s1. The van der Waals surface area contributed by atoms with Gasteiger partial charge in [-0.15, -0.1) is 0 Å². The van der Waals surface area contributed by atoms with Crippen LogP contribution in [0.5, 0.6) is 11.5 Å². The third kappa shape index (κ3) is 2.57. The van der Waals surface area contributed by atoms with Gasteiger partial charge in [0.15, 0.2) is 0 Å². The van der Waals surface area contributed by atoms with Gasteiger partial charge in [0.05, 0.1) is 12.0 Å². The highest BCUT2D eigenvalue weighted by atomic mass is 16.5. The predicted molar refractivity (Wildman–Crippen MR) is 82.4 cm³/mol. The van der Waals surface area contributed by atoms with Crippen molar-refractivity contribution in [2.75, 3.05) is 0 Å². The molecule has 0 amide bonds. The summed E-state index contributed by atoms with van der Waals surface area (Å²) in [5.74, 6) is -0.188. The smallest absolute Gasteiger partial charge is 0.310 e. The fourth-order valence-corrected chi connectivity index (χ4v) is 2.74. The number of carboxylic acids is 1. The molecule has 0 bridgehead atoms. The van der Waals surface area contributed by atoms with Crippen molar-refractivity contribution in [1.29, 1.82) is 0 Å². The second-order valence-corrected chi connectivity index (χ2v) is 5.79. The lowest BCUT2D eigenvalue weighted by molar-refractivity contribution is -0.138. The average Bonchev–Trinajstić information content (AvgIpc) is 2.62. The SMILES string of the molecule is Cc1ccc2c(c1)C[C@H](O)c1cc([C@@H](C)C(=O)O)ccc1O2. The molecule has 22 heavy (non-hydrogen) atoms. The number of aliphatic carboxylic acids is 1. The van der Waals surface area contributed by atoms with Crippen LogP contribution in [0, 0.1) is 6.92 Å². The van der Waals surface area contributed by atoms with Gasteiger partial charge in [-0.25, -0.2) is 0 Å². The second kappa shape index (κ2) is 5.46. The van der Waals surface area contributed by atoms with E-state index >= 15 is 0 Å². The van der Waals surface area contributed by atoms with Gasteiger partial charge in [-0.3, -0.25) is 4.79 Å². The molecule has 0 saturated carbocycles. The number of hydrogen-bond donors (Lipinski definition) is 2. The molecule has 0 saturated heterocycles. The zero-order valence-corrected chi connectivity index (χ0v) is 12.5. The number of ether oxygens (including phenoxy) is 1. The highest BCUT2D eigenvalue weighted by molar-refractivity contribution is 5.75. The Labute approximate surface area is 129 Å². The zero-order chi connectivity index (χ0) is 15.9. The number of aliphatic hydroxyl groups excluding tert-OH is 1. The van der Waals surface area contributed by atoms with Crippen LogP contribution in [0.2, 0.25) is 0 Å². The van der Waals surface area contributed by atoms with Crippen LogP contribution in [0.1, 0.15) is 41.2 Å². The van der Waals surface area contributed by atoms with Crippen molar-refractivity contribution in [3.8, 4) is 11.5 Å². The summed E-state index contributed by atoms with van der Waals surface area (Å²) in [7, 11) is 0. The van der Waals surface area contributed by atoms with E-state index in [0.717, 1.165) is 16.9 Å². The maximum Gasteiger partial charge on any atom is 0.310 e. The number of hydrogen-bond acceptors (Lipinski definition) is 3. The van der Waals surface area contributed by atoms with E-state index in [1.54, 1.807) is 25.1 Å². The van der Waals surface area contributed by atoms with Crippen molar-refractivity contribution >= 4 is 5.97 Å². The van der Waals surface area contributed by atoms with Crippen LogP contribution in [-0.4, -0.2) is 16.2 Å². The van der Waals surface area contributed by atoms with E-state index in [2.05, 4.69) is 0 Å². The van der Waals surface area contributed by atoms with Crippen LogP contribution in [0.15, 0.2) is 36.4 Å². The highest BCUT2D eigenvalue weighted by Gasteiger charge is 2.24. The molecule has 1 aliphatic heterocycles. The molecule has 4 heteroatoms. The second-order valence-electron chi connectivity index (χ2n) is 5.79. The van der Waals surface area contributed by atoms with Gasteiger partial charge in [0.25, 0.3) is 0 Å². The van der Waals surface area contributed by atoms with Crippen molar-refractivity contribution in [3.05, 3.63) is 58.7 Å². The fraction of sp³-hybridized carbons (Fsp3) is 0.278. The van der Waals surface area contributed by atoms with E-state index < -0.39 is 18.0 Å². The van der Waals surface area contributed by atoms with Gasteiger partial charge in [0.1, 0.15) is 11.5 Å². The third-order valence-electron chi connectivity index (χ3n) is 4.11. The normalized spacial score (nSPS) is 17.7. The number of rotatable bonds is 2. The van der Waals surface area contributed by atoms with Gasteiger partial charge in [0, 0.05) is 12.0 Å². The minimum absolute atomic E-state index is 0.453. The Kier molecular flexibility index (Phi) is 3.62. The molecule has 0 spiro atoms. The van der Waals surface area contributed by atoms with Crippen LogP contribution in [0.3, 0.4) is 0 Å². The van der Waals surface area contributed by atoms with Gasteiger partial charge < -0.3 is 14.9 Å². The first-order valence-corrected chi connectivity index (χ1v) is 7.28. The van der Waals surface area contributed by atoms with Gasteiger partial charge in [0.2, 0.25) is 0 Å². The van der Waals surface area contributed by atoms with Gasteiger partial charge in [-0.2, -0.15) is 0 Å². The van der Waals surface area contributed by atoms with Gasteiger partial charge in [-0.05, 0) is 43.2 Å². The molecule has 2 aromatic rings. The molecule has 114 valence electrons. The van der Waals surface area contributed by atoms with E-state index in [1.807, 2.05) is 25.1 Å².